The molecule has 2 aromatic heterocycles. The summed E-state index contributed by atoms with van der Waals surface area (Å²) in [5.41, 5.74) is 0.534. The topological polar surface area (TPSA) is 84.7 Å². The minimum absolute atomic E-state index is 0.00319. The molecule has 3 aliphatic rings. The molecule has 3 aromatic rings. The number of nitrogens with one attached hydrogen (secondary N) is 2. The van der Waals surface area contributed by atoms with Crippen LogP contribution in [0.4, 0.5) is 4.39 Å². The molecule has 3 saturated carbocycles. The molecule has 0 saturated heterocycles. The molecular weight excluding hydrogens is 411 g/mol. The lowest BCUT2D eigenvalue weighted by Crippen LogP contribution is -2.84. The number of benzene rings is 1. The van der Waals surface area contributed by atoms with Gasteiger partial charge in [0.05, 0.1) is 10.5 Å². The molecule has 3 aliphatic carbocycles. The fraction of sp³-hybridized carbons (Fsp3) is 0.286. The number of rotatable bonds is 6. The summed E-state index contributed by atoms with van der Waals surface area (Å²) in [6, 6.07) is 9.60. The van der Waals surface area contributed by atoms with Gasteiger partial charge in [-0.2, -0.15) is 0 Å². The Kier molecular flexibility index (Phi) is 4.21. The lowest BCUT2D eigenvalue weighted by Gasteiger charge is -2.70. The second-order valence-corrected chi connectivity index (χ2v) is 8.45. The number of hydrogen-bond donors (Lipinski definition) is 2. The third kappa shape index (κ3) is 3.17. The van der Waals surface area contributed by atoms with Gasteiger partial charge in [-0.05, 0) is 43.5 Å². The number of amides is 2. The number of aromatic nitrogens is 2. The SMILES string of the molecule is O=C(COc1ccc(Cl)c(F)c1)NC12CC(NC(=O)c3ncn4ccccc34)(C1)C2. The van der Waals surface area contributed by atoms with Crippen molar-refractivity contribution >= 4 is 28.9 Å². The van der Waals surface area contributed by atoms with E-state index in [1.54, 1.807) is 10.7 Å². The molecule has 2 bridgehead atoms. The zero-order valence-corrected chi connectivity index (χ0v) is 16.6. The van der Waals surface area contributed by atoms with Gasteiger partial charge in [0.2, 0.25) is 0 Å². The van der Waals surface area contributed by atoms with Crippen LogP contribution >= 0.6 is 11.6 Å². The van der Waals surface area contributed by atoms with Crippen LogP contribution in [0.2, 0.25) is 5.02 Å². The Morgan fingerprint density at radius 1 is 1.17 bits per heavy atom. The van der Waals surface area contributed by atoms with E-state index in [9.17, 15) is 14.0 Å². The number of pyridine rings is 1. The minimum atomic E-state index is -0.600. The highest BCUT2D eigenvalue weighted by molar-refractivity contribution is 6.30. The van der Waals surface area contributed by atoms with Crippen molar-refractivity contribution in [1.29, 1.82) is 0 Å². The van der Waals surface area contributed by atoms with Crippen LogP contribution < -0.4 is 15.4 Å². The molecule has 0 radical (unpaired) electrons. The van der Waals surface area contributed by atoms with Crippen LogP contribution in [-0.2, 0) is 4.79 Å². The number of hydrogen-bond acceptors (Lipinski definition) is 4. The number of carbonyl (C=O) groups is 2. The van der Waals surface area contributed by atoms with Crippen LogP contribution in [0.25, 0.3) is 5.52 Å². The molecule has 1 aromatic carbocycles. The number of ether oxygens (including phenoxy) is 1. The Morgan fingerprint density at radius 3 is 2.70 bits per heavy atom. The summed E-state index contributed by atoms with van der Waals surface area (Å²) >= 11 is 5.63. The van der Waals surface area contributed by atoms with Crippen LogP contribution in [0.5, 0.6) is 5.75 Å². The molecule has 30 heavy (non-hydrogen) atoms. The van der Waals surface area contributed by atoms with E-state index in [2.05, 4.69) is 15.6 Å². The van der Waals surface area contributed by atoms with E-state index in [0.717, 1.165) is 11.6 Å². The Balaban J connectivity index is 1.13. The molecule has 0 spiro atoms. The smallest absolute Gasteiger partial charge is 0.272 e. The van der Waals surface area contributed by atoms with Crippen molar-refractivity contribution in [3.8, 4) is 5.75 Å². The van der Waals surface area contributed by atoms with Gasteiger partial charge in [0.1, 0.15) is 17.9 Å². The first-order chi connectivity index (χ1) is 14.4. The second-order valence-electron chi connectivity index (χ2n) is 8.04. The van der Waals surface area contributed by atoms with Crippen LogP contribution in [-0.4, -0.2) is 38.9 Å². The maximum Gasteiger partial charge on any atom is 0.272 e. The van der Waals surface area contributed by atoms with Gasteiger partial charge in [-0.15, -0.1) is 0 Å². The Labute approximate surface area is 176 Å². The van der Waals surface area contributed by atoms with Crippen molar-refractivity contribution < 1.29 is 18.7 Å². The molecule has 2 N–H and O–H groups in total. The number of halogens is 2. The van der Waals surface area contributed by atoms with E-state index < -0.39 is 5.82 Å². The highest BCUT2D eigenvalue weighted by Crippen LogP contribution is 2.60. The first-order valence-corrected chi connectivity index (χ1v) is 9.88. The van der Waals surface area contributed by atoms with Crippen molar-refractivity contribution in [2.75, 3.05) is 6.61 Å². The summed E-state index contributed by atoms with van der Waals surface area (Å²) in [6.45, 7) is -0.219. The summed E-state index contributed by atoms with van der Waals surface area (Å²) in [5, 5.41) is 6.03. The molecule has 2 heterocycles. The summed E-state index contributed by atoms with van der Waals surface area (Å²) in [4.78, 5) is 29.1. The maximum atomic E-state index is 13.4. The number of nitrogens with zero attached hydrogens (tertiary/aromatic N) is 2. The average Bonchev–Trinajstić information content (AvgIpc) is 3.10. The van der Waals surface area contributed by atoms with Gasteiger partial charge in [0, 0.05) is 23.3 Å². The largest absolute Gasteiger partial charge is 0.484 e. The van der Waals surface area contributed by atoms with E-state index in [0.29, 0.717) is 25.0 Å². The zero-order valence-electron chi connectivity index (χ0n) is 15.8. The fourth-order valence-corrected chi connectivity index (χ4v) is 4.64. The summed E-state index contributed by atoms with van der Waals surface area (Å²) in [7, 11) is 0. The lowest BCUT2D eigenvalue weighted by molar-refractivity contribution is -0.141. The molecule has 6 rings (SSSR count). The summed E-state index contributed by atoms with van der Waals surface area (Å²) in [6.07, 6.45) is 5.45. The lowest BCUT2D eigenvalue weighted by atomic mass is 9.44. The first kappa shape index (κ1) is 18.9. The molecule has 0 unspecified atom stereocenters. The van der Waals surface area contributed by atoms with Crippen molar-refractivity contribution in [3.63, 3.8) is 0 Å². The molecule has 2 amide bonds. The van der Waals surface area contributed by atoms with Gasteiger partial charge in [-0.25, -0.2) is 9.37 Å². The van der Waals surface area contributed by atoms with E-state index in [4.69, 9.17) is 16.3 Å². The van der Waals surface area contributed by atoms with Gasteiger partial charge in [-0.1, -0.05) is 17.7 Å². The van der Waals surface area contributed by atoms with Crippen molar-refractivity contribution in [3.05, 3.63) is 65.5 Å². The van der Waals surface area contributed by atoms with Gasteiger partial charge in [-0.3, -0.25) is 9.59 Å². The van der Waals surface area contributed by atoms with Gasteiger partial charge >= 0.3 is 0 Å². The standard InChI is InChI=1S/C21H18ClFN4O3/c22-14-5-4-13(7-15(14)23)30-8-17(28)25-20-9-21(10-20,11-20)26-19(29)18-16-3-1-2-6-27(16)12-24-18/h1-7,12H,8-11H2,(H,25,28)(H,26,29). The van der Waals surface area contributed by atoms with E-state index in [-0.39, 0.29) is 40.3 Å². The molecule has 0 aliphatic heterocycles. The van der Waals surface area contributed by atoms with E-state index in [1.807, 2.05) is 24.4 Å². The zero-order chi connectivity index (χ0) is 20.9. The molecule has 0 atom stereocenters. The summed E-state index contributed by atoms with van der Waals surface area (Å²) < 4.78 is 20.5. The van der Waals surface area contributed by atoms with Crippen LogP contribution in [0, 0.1) is 5.82 Å². The van der Waals surface area contributed by atoms with Crippen LogP contribution in [0.3, 0.4) is 0 Å². The number of fused-ring (bicyclic) bond motifs is 1. The monoisotopic (exact) mass is 428 g/mol. The average molecular weight is 429 g/mol. The molecule has 7 nitrogen and oxygen atoms in total. The normalized spacial score (nSPS) is 23.9. The third-order valence-corrected chi connectivity index (χ3v) is 6.04. The van der Waals surface area contributed by atoms with E-state index in [1.165, 1.54) is 12.1 Å². The van der Waals surface area contributed by atoms with Crippen molar-refractivity contribution in [2.45, 2.75) is 30.3 Å². The number of imidazole rings is 1. The van der Waals surface area contributed by atoms with E-state index >= 15 is 0 Å². The highest BCUT2D eigenvalue weighted by atomic mass is 35.5. The van der Waals surface area contributed by atoms with Gasteiger partial charge in [0.25, 0.3) is 11.8 Å². The Morgan fingerprint density at radius 2 is 1.93 bits per heavy atom. The van der Waals surface area contributed by atoms with Crippen LogP contribution in [0.1, 0.15) is 29.8 Å². The minimum Gasteiger partial charge on any atom is -0.484 e. The molecule has 9 heteroatoms. The highest BCUT2D eigenvalue weighted by Gasteiger charge is 2.69. The predicted octanol–water partition coefficient (Wildman–Crippen LogP) is 2.73. The Hall–Kier alpha value is -3.13. The van der Waals surface area contributed by atoms with Crippen molar-refractivity contribution in [1.82, 2.24) is 20.0 Å². The predicted molar refractivity (Wildman–Crippen MR) is 107 cm³/mol. The van der Waals surface area contributed by atoms with Gasteiger partial charge in [0.15, 0.2) is 12.3 Å². The van der Waals surface area contributed by atoms with Crippen LogP contribution in [0.15, 0.2) is 48.9 Å². The van der Waals surface area contributed by atoms with Crippen molar-refractivity contribution in [2.24, 2.45) is 0 Å². The molecule has 3 fully saturated rings. The van der Waals surface area contributed by atoms with Gasteiger partial charge < -0.3 is 19.8 Å². The second kappa shape index (κ2) is 6.70. The molecule has 154 valence electrons. The number of carbonyl (C=O) groups excluding carboxylic acids is 2. The third-order valence-electron chi connectivity index (χ3n) is 5.73. The summed E-state index contributed by atoms with van der Waals surface area (Å²) in [5.74, 6) is -0.862. The Bertz CT molecular complexity index is 1160. The fourth-order valence-electron chi connectivity index (χ4n) is 4.52. The molecular formula is C21H18ClFN4O3. The first-order valence-electron chi connectivity index (χ1n) is 9.50. The quantitative estimate of drug-likeness (QED) is 0.632. The maximum absolute atomic E-state index is 13.4.